The summed E-state index contributed by atoms with van der Waals surface area (Å²) in [5.74, 6) is 0.872. The molecule has 0 fully saturated rings. The monoisotopic (exact) mass is 406 g/mol. The number of aromatic nitrogens is 1. The molecule has 0 spiro atoms. The molecule has 0 bridgehead atoms. The van der Waals surface area contributed by atoms with Crippen LogP contribution >= 0.6 is 38.5 Å². The largest absolute Gasteiger partial charge is 0.360 e. The third kappa shape index (κ3) is 3.06. The average Bonchev–Trinajstić information content (AvgIpc) is 2.67. The van der Waals surface area contributed by atoms with E-state index in [1.807, 2.05) is 12.1 Å². The smallest absolute Gasteiger partial charge is 0.258 e. The Morgan fingerprint density at radius 1 is 1.47 bits per heavy atom. The van der Waals surface area contributed by atoms with Crippen LogP contribution in [0.4, 0.5) is 5.82 Å². The van der Waals surface area contributed by atoms with Crippen LogP contribution in [0.25, 0.3) is 0 Å². The first-order valence-corrected chi connectivity index (χ1v) is 6.63. The van der Waals surface area contributed by atoms with Gasteiger partial charge in [-0.25, -0.2) is 0 Å². The van der Waals surface area contributed by atoms with Crippen molar-refractivity contribution < 1.29 is 9.32 Å². The number of aryl methyl sites for hydroxylation is 1. The molecule has 1 aromatic heterocycles. The van der Waals surface area contributed by atoms with Crippen LogP contribution in [-0.4, -0.2) is 11.1 Å². The van der Waals surface area contributed by atoms with Crippen molar-refractivity contribution in [2.24, 2.45) is 0 Å². The lowest BCUT2D eigenvalue weighted by molar-refractivity contribution is 0.102. The standard InChI is InChI=1S/C11H8BrIN2O2/c1-6-4-10(15-17-6)14-11(16)8-5-7(12)2-3-9(8)13/h2-5H,1H3,(H,14,15,16). The molecule has 88 valence electrons. The van der Waals surface area contributed by atoms with Crippen molar-refractivity contribution in [3.8, 4) is 0 Å². The highest BCUT2D eigenvalue weighted by atomic mass is 127. The van der Waals surface area contributed by atoms with Crippen molar-refractivity contribution >= 4 is 50.2 Å². The maximum absolute atomic E-state index is 12.0. The van der Waals surface area contributed by atoms with E-state index in [0.29, 0.717) is 17.1 Å². The van der Waals surface area contributed by atoms with Crippen molar-refractivity contribution in [2.45, 2.75) is 6.92 Å². The van der Waals surface area contributed by atoms with Gasteiger partial charge in [-0.15, -0.1) is 0 Å². The van der Waals surface area contributed by atoms with Crippen molar-refractivity contribution in [2.75, 3.05) is 5.32 Å². The van der Waals surface area contributed by atoms with Gasteiger partial charge in [-0.3, -0.25) is 4.79 Å². The molecule has 1 aromatic carbocycles. The number of hydrogen-bond donors (Lipinski definition) is 1. The lowest BCUT2D eigenvalue weighted by atomic mass is 10.2. The van der Waals surface area contributed by atoms with Crippen molar-refractivity contribution in [3.63, 3.8) is 0 Å². The van der Waals surface area contributed by atoms with Gasteiger partial charge in [-0.2, -0.15) is 0 Å². The number of amides is 1. The van der Waals surface area contributed by atoms with E-state index in [0.717, 1.165) is 8.04 Å². The highest BCUT2D eigenvalue weighted by molar-refractivity contribution is 14.1. The lowest BCUT2D eigenvalue weighted by Gasteiger charge is -2.04. The molecule has 2 aromatic rings. The summed E-state index contributed by atoms with van der Waals surface area (Å²) >= 11 is 5.45. The van der Waals surface area contributed by atoms with Gasteiger partial charge >= 0.3 is 0 Å². The summed E-state index contributed by atoms with van der Waals surface area (Å²) in [7, 11) is 0. The summed E-state index contributed by atoms with van der Waals surface area (Å²) in [6, 6.07) is 7.19. The maximum atomic E-state index is 12.0. The number of rotatable bonds is 2. The fraction of sp³-hybridized carbons (Fsp3) is 0.0909. The molecule has 0 saturated carbocycles. The van der Waals surface area contributed by atoms with Gasteiger partial charge < -0.3 is 9.84 Å². The molecule has 2 rings (SSSR count). The van der Waals surface area contributed by atoms with Gasteiger partial charge in [0.2, 0.25) is 0 Å². The zero-order chi connectivity index (χ0) is 12.4. The Morgan fingerprint density at radius 2 is 2.24 bits per heavy atom. The van der Waals surface area contributed by atoms with Gasteiger partial charge in [0.05, 0.1) is 5.56 Å². The van der Waals surface area contributed by atoms with Crippen LogP contribution in [0.2, 0.25) is 0 Å². The third-order valence-electron chi connectivity index (χ3n) is 2.04. The van der Waals surface area contributed by atoms with E-state index in [-0.39, 0.29) is 5.91 Å². The molecule has 0 atom stereocenters. The van der Waals surface area contributed by atoms with Crippen molar-refractivity contribution in [3.05, 3.63) is 43.6 Å². The predicted molar refractivity (Wildman–Crippen MR) is 76.1 cm³/mol. The molecule has 0 aliphatic rings. The Hall–Kier alpha value is -0.890. The van der Waals surface area contributed by atoms with E-state index >= 15 is 0 Å². The molecule has 0 radical (unpaired) electrons. The van der Waals surface area contributed by atoms with Gasteiger partial charge in [0.25, 0.3) is 5.91 Å². The average molecular weight is 407 g/mol. The summed E-state index contributed by atoms with van der Waals surface area (Å²) in [6.07, 6.45) is 0. The van der Waals surface area contributed by atoms with E-state index < -0.39 is 0 Å². The van der Waals surface area contributed by atoms with E-state index in [2.05, 4.69) is 49.0 Å². The zero-order valence-electron chi connectivity index (χ0n) is 8.83. The maximum Gasteiger partial charge on any atom is 0.258 e. The predicted octanol–water partition coefficient (Wildman–Crippen LogP) is 3.60. The summed E-state index contributed by atoms with van der Waals surface area (Å²) in [5, 5.41) is 6.39. The molecule has 0 aliphatic carbocycles. The highest BCUT2D eigenvalue weighted by Gasteiger charge is 2.12. The fourth-order valence-electron chi connectivity index (χ4n) is 1.28. The van der Waals surface area contributed by atoms with E-state index in [4.69, 9.17) is 4.52 Å². The number of halogens is 2. The summed E-state index contributed by atoms with van der Waals surface area (Å²) in [5.41, 5.74) is 0.598. The quantitative estimate of drug-likeness (QED) is 0.775. The van der Waals surface area contributed by atoms with Gasteiger partial charge in [0.15, 0.2) is 5.82 Å². The second-order valence-corrected chi connectivity index (χ2v) is 5.48. The fourth-order valence-corrected chi connectivity index (χ4v) is 2.22. The number of nitrogens with one attached hydrogen (secondary N) is 1. The Kier molecular flexibility index (Phi) is 3.82. The minimum atomic E-state index is -0.205. The Bertz CT molecular complexity index is 568. The summed E-state index contributed by atoms with van der Waals surface area (Å²) < 4.78 is 6.62. The summed E-state index contributed by atoms with van der Waals surface area (Å²) in [4.78, 5) is 12.0. The Morgan fingerprint density at radius 3 is 2.88 bits per heavy atom. The molecule has 1 amide bonds. The lowest BCUT2D eigenvalue weighted by Crippen LogP contribution is -2.13. The molecule has 0 unspecified atom stereocenters. The molecular weight excluding hydrogens is 399 g/mol. The van der Waals surface area contributed by atoms with E-state index in [1.54, 1.807) is 19.1 Å². The third-order valence-corrected chi connectivity index (χ3v) is 3.48. The molecule has 1 heterocycles. The first-order valence-electron chi connectivity index (χ1n) is 4.76. The normalized spacial score (nSPS) is 10.3. The van der Waals surface area contributed by atoms with Crippen LogP contribution < -0.4 is 5.32 Å². The Balaban J connectivity index is 2.22. The van der Waals surface area contributed by atoms with Gasteiger partial charge in [-0.1, -0.05) is 21.1 Å². The molecule has 0 aliphatic heterocycles. The first kappa shape index (κ1) is 12.6. The van der Waals surface area contributed by atoms with Crippen LogP contribution in [0.1, 0.15) is 16.1 Å². The molecule has 17 heavy (non-hydrogen) atoms. The van der Waals surface area contributed by atoms with E-state index in [1.165, 1.54) is 0 Å². The molecule has 0 saturated heterocycles. The second kappa shape index (κ2) is 5.18. The number of carbonyl (C=O) groups excluding carboxylic acids is 1. The molecule has 1 N–H and O–H groups in total. The van der Waals surface area contributed by atoms with Crippen molar-refractivity contribution in [1.82, 2.24) is 5.16 Å². The number of anilines is 1. The highest BCUT2D eigenvalue weighted by Crippen LogP contribution is 2.19. The SMILES string of the molecule is Cc1cc(NC(=O)c2cc(Br)ccc2I)no1. The van der Waals surface area contributed by atoms with Crippen LogP contribution in [-0.2, 0) is 0 Å². The summed E-state index contributed by atoms with van der Waals surface area (Å²) in [6.45, 7) is 1.77. The second-order valence-electron chi connectivity index (χ2n) is 3.40. The zero-order valence-corrected chi connectivity index (χ0v) is 12.6. The number of carbonyl (C=O) groups is 1. The number of hydrogen-bond acceptors (Lipinski definition) is 3. The molecular formula is C11H8BrIN2O2. The van der Waals surface area contributed by atoms with Crippen molar-refractivity contribution in [1.29, 1.82) is 0 Å². The Labute approximate surface area is 120 Å². The molecule has 4 nitrogen and oxygen atoms in total. The number of nitrogens with zero attached hydrogens (tertiary/aromatic N) is 1. The minimum Gasteiger partial charge on any atom is -0.360 e. The molecule has 6 heteroatoms. The minimum absolute atomic E-state index is 0.205. The van der Waals surface area contributed by atoms with Crippen LogP contribution in [0.3, 0.4) is 0 Å². The van der Waals surface area contributed by atoms with Crippen LogP contribution in [0.15, 0.2) is 33.3 Å². The van der Waals surface area contributed by atoms with Gasteiger partial charge in [0, 0.05) is 14.1 Å². The van der Waals surface area contributed by atoms with Gasteiger partial charge in [0.1, 0.15) is 5.76 Å². The number of benzene rings is 1. The topological polar surface area (TPSA) is 55.1 Å². The van der Waals surface area contributed by atoms with Gasteiger partial charge in [-0.05, 0) is 47.7 Å². The van der Waals surface area contributed by atoms with Crippen LogP contribution in [0, 0.1) is 10.5 Å². The van der Waals surface area contributed by atoms with E-state index in [9.17, 15) is 4.79 Å². The van der Waals surface area contributed by atoms with Crippen LogP contribution in [0.5, 0.6) is 0 Å². The first-order chi connectivity index (χ1) is 8.06.